The molecule has 1 atom stereocenters. The fraction of sp³-hybridized carbons (Fsp3) is 0.263. The zero-order valence-electron chi connectivity index (χ0n) is 14.4. The summed E-state index contributed by atoms with van der Waals surface area (Å²) in [5.41, 5.74) is 1.18. The van der Waals surface area contributed by atoms with Gasteiger partial charge in [0.25, 0.3) is 15.9 Å². The Bertz CT molecular complexity index is 926. The van der Waals surface area contributed by atoms with Gasteiger partial charge >= 0.3 is 0 Å². The standard InChI is InChI=1S/C19H20N2O4S/c1-14(15-8-3-2-4-9-15)20-18(22)12-7-13-21-19(23)16-10-5-6-11-17(16)26(21,24)25/h2-6,8-11,14H,7,12-13H2,1H3,(H,20,22). The van der Waals surface area contributed by atoms with E-state index in [4.69, 9.17) is 0 Å². The Labute approximate surface area is 152 Å². The molecule has 0 spiro atoms. The van der Waals surface area contributed by atoms with Crippen LogP contribution in [0.15, 0.2) is 59.5 Å². The van der Waals surface area contributed by atoms with Gasteiger partial charge in [-0.3, -0.25) is 9.59 Å². The molecular formula is C19H20N2O4S. The van der Waals surface area contributed by atoms with Gasteiger partial charge in [-0.1, -0.05) is 42.5 Å². The predicted octanol–water partition coefficient (Wildman–Crippen LogP) is 2.49. The quantitative estimate of drug-likeness (QED) is 0.844. The Morgan fingerprint density at radius 2 is 1.73 bits per heavy atom. The molecule has 1 N–H and O–H groups in total. The Balaban J connectivity index is 1.56. The van der Waals surface area contributed by atoms with Crippen LogP contribution in [0.2, 0.25) is 0 Å². The second-order valence-corrected chi connectivity index (χ2v) is 8.01. The number of amides is 2. The van der Waals surface area contributed by atoms with Crippen molar-refractivity contribution in [3.63, 3.8) is 0 Å². The van der Waals surface area contributed by atoms with Crippen molar-refractivity contribution in [2.45, 2.75) is 30.7 Å². The number of hydrogen-bond donors (Lipinski definition) is 1. The van der Waals surface area contributed by atoms with Gasteiger partial charge in [0.2, 0.25) is 5.91 Å². The molecule has 0 saturated carbocycles. The molecule has 2 aromatic rings. The Hall–Kier alpha value is -2.67. The fourth-order valence-corrected chi connectivity index (χ4v) is 4.58. The van der Waals surface area contributed by atoms with Crippen LogP contribution in [0.4, 0.5) is 0 Å². The third-order valence-electron chi connectivity index (χ3n) is 4.35. The first kappa shape index (κ1) is 18.1. The van der Waals surface area contributed by atoms with Gasteiger partial charge in [-0.15, -0.1) is 0 Å². The lowest BCUT2D eigenvalue weighted by molar-refractivity contribution is -0.121. The second-order valence-electron chi connectivity index (χ2n) is 6.18. The molecule has 0 aliphatic carbocycles. The molecule has 0 bridgehead atoms. The maximum absolute atomic E-state index is 12.4. The zero-order chi connectivity index (χ0) is 18.7. The maximum Gasteiger partial charge on any atom is 0.269 e. The van der Waals surface area contributed by atoms with E-state index in [9.17, 15) is 18.0 Å². The van der Waals surface area contributed by atoms with Crippen molar-refractivity contribution >= 4 is 21.8 Å². The number of fused-ring (bicyclic) bond motifs is 1. The van der Waals surface area contributed by atoms with E-state index in [1.54, 1.807) is 12.1 Å². The molecule has 0 fully saturated rings. The van der Waals surface area contributed by atoms with Crippen LogP contribution in [0, 0.1) is 0 Å². The lowest BCUT2D eigenvalue weighted by Crippen LogP contribution is -2.32. The molecule has 2 aromatic carbocycles. The van der Waals surface area contributed by atoms with Gasteiger partial charge in [0.1, 0.15) is 4.90 Å². The molecule has 6 nitrogen and oxygen atoms in total. The van der Waals surface area contributed by atoms with E-state index in [0.717, 1.165) is 9.87 Å². The normalized spacial score (nSPS) is 16.2. The number of benzene rings is 2. The second kappa shape index (κ2) is 7.29. The highest BCUT2D eigenvalue weighted by molar-refractivity contribution is 7.90. The number of carbonyl (C=O) groups excluding carboxylic acids is 2. The summed E-state index contributed by atoms with van der Waals surface area (Å²) in [5.74, 6) is -0.707. The van der Waals surface area contributed by atoms with Crippen molar-refractivity contribution in [3.05, 3.63) is 65.7 Å². The minimum atomic E-state index is -3.81. The molecule has 3 rings (SSSR count). The van der Waals surface area contributed by atoms with Gasteiger partial charge in [-0.25, -0.2) is 12.7 Å². The SMILES string of the molecule is CC(NC(=O)CCCN1C(=O)c2ccccc2S1(=O)=O)c1ccccc1. The Kier molecular flexibility index (Phi) is 5.08. The van der Waals surface area contributed by atoms with Crippen molar-refractivity contribution < 1.29 is 18.0 Å². The summed E-state index contributed by atoms with van der Waals surface area (Å²) in [7, 11) is -3.81. The minimum absolute atomic E-state index is 0.0109. The van der Waals surface area contributed by atoms with Gasteiger partial charge in [-0.2, -0.15) is 0 Å². The van der Waals surface area contributed by atoms with E-state index in [-0.39, 0.29) is 41.8 Å². The molecule has 136 valence electrons. The van der Waals surface area contributed by atoms with E-state index in [1.165, 1.54) is 12.1 Å². The Morgan fingerprint density at radius 3 is 2.42 bits per heavy atom. The zero-order valence-corrected chi connectivity index (χ0v) is 15.2. The molecule has 2 amide bonds. The summed E-state index contributed by atoms with van der Waals surface area (Å²) < 4.78 is 25.7. The first-order chi connectivity index (χ1) is 12.4. The number of rotatable bonds is 6. The highest BCUT2D eigenvalue weighted by atomic mass is 32.2. The van der Waals surface area contributed by atoms with Crippen molar-refractivity contribution in [3.8, 4) is 0 Å². The summed E-state index contributed by atoms with van der Waals surface area (Å²) in [6.07, 6.45) is 0.416. The van der Waals surface area contributed by atoms with Crippen LogP contribution in [0.25, 0.3) is 0 Å². The van der Waals surface area contributed by atoms with Gasteiger partial charge in [0.05, 0.1) is 11.6 Å². The Morgan fingerprint density at radius 1 is 1.08 bits per heavy atom. The van der Waals surface area contributed by atoms with E-state index in [1.807, 2.05) is 37.3 Å². The summed E-state index contributed by atoms with van der Waals surface area (Å²) >= 11 is 0. The molecule has 1 heterocycles. The molecule has 1 unspecified atom stereocenters. The van der Waals surface area contributed by atoms with E-state index < -0.39 is 15.9 Å². The van der Waals surface area contributed by atoms with Crippen LogP contribution in [-0.4, -0.2) is 31.1 Å². The highest BCUT2D eigenvalue weighted by Gasteiger charge is 2.40. The lowest BCUT2D eigenvalue weighted by atomic mass is 10.1. The van der Waals surface area contributed by atoms with Crippen LogP contribution >= 0.6 is 0 Å². The first-order valence-electron chi connectivity index (χ1n) is 8.41. The summed E-state index contributed by atoms with van der Waals surface area (Å²) in [6, 6.07) is 15.6. The highest BCUT2D eigenvalue weighted by Crippen LogP contribution is 2.30. The van der Waals surface area contributed by atoms with Crippen LogP contribution in [0.5, 0.6) is 0 Å². The van der Waals surface area contributed by atoms with E-state index in [2.05, 4.69) is 5.32 Å². The average molecular weight is 372 g/mol. The third kappa shape index (κ3) is 3.48. The average Bonchev–Trinajstić information content (AvgIpc) is 2.83. The summed E-state index contributed by atoms with van der Waals surface area (Å²) in [4.78, 5) is 24.4. The number of nitrogens with zero attached hydrogens (tertiary/aromatic N) is 1. The van der Waals surface area contributed by atoms with Crippen LogP contribution in [0.1, 0.15) is 41.7 Å². The molecule has 26 heavy (non-hydrogen) atoms. The molecule has 7 heteroatoms. The number of carbonyl (C=O) groups is 2. The monoisotopic (exact) mass is 372 g/mol. The van der Waals surface area contributed by atoms with E-state index >= 15 is 0 Å². The van der Waals surface area contributed by atoms with Crippen molar-refractivity contribution in [2.75, 3.05) is 6.54 Å². The largest absolute Gasteiger partial charge is 0.350 e. The third-order valence-corrected chi connectivity index (χ3v) is 6.19. The van der Waals surface area contributed by atoms with Gasteiger partial charge < -0.3 is 5.32 Å². The molecule has 0 radical (unpaired) electrons. The molecule has 1 aliphatic rings. The lowest BCUT2D eigenvalue weighted by Gasteiger charge is -2.16. The number of sulfonamides is 1. The number of hydrogen-bond acceptors (Lipinski definition) is 4. The summed E-state index contributed by atoms with van der Waals surface area (Å²) in [6.45, 7) is 1.88. The smallest absolute Gasteiger partial charge is 0.269 e. The number of nitrogens with one attached hydrogen (secondary N) is 1. The van der Waals surface area contributed by atoms with Crippen LogP contribution < -0.4 is 5.32 Å². The van der Waals surface area contributed by atoms with Gasteiger partial charge in [0, 0.05) is 13.0 Å². The fourth-order valence-electron chi connectivity index (χ4n) is 2.97. The van der Waals surface area contributed by atoms with Crippen LogP contribution in [0.3, 0.4) is 0 Å². The first-order valence-corrected chi connectivity index (χ1v) is 9.85. The minimum Gasteiger partial charge on any atom is -0.350 e. The molecule has 0 saturated heterocycles. The van der Waals surface area contributed by atoms with Crippen molar-refractivity contribution in [1.29, 1.82) is 0 Å². The van der Waals surface area contributed by atoms with Gasteiger partial charge in [-0.05, 0) is 31.0 Å². The van der Waals surface area contributed by atoms with Crippen molar-refractivity contribution in [2.24, 2.45) is 0 Å². The molecular weight excluding hydrogens is 352 g/mol. The van der Waals surface area contributed by atoms with Crippen LogP contribution in [-0.2, 0) is 14.8 Å². The van der Waals surface area contributed by atoms with E-state index in [0.29, 0.717) is 0 Å². The molecule has 1 aliphatic heterocycles. The summed E-state index contributed by atoms with van der Waals surface area (Å²) in [5, 5.41) is 2.88. The van der Waals surface area contributed by atoms with Gasteiger partial charge in [0.15, 0.2) is 0 Å². The topological polar surface area (TPSA) is 83.6 Å². The molecule has 0 aromatic heterocycles. The maximum atomic E-state index is 12.4. The van der Waals surface area contributed by atoms with Crippen molar-refractivity contribution in [1.82, 2.24) is 9.62 Å². The predicted molar refractivity (Wildman–Crippen MR) is 96.9 cm³/mol.